The quantitative estimate of drug-likeness (QED) is 0.742. The molecule has 1 aromatic carbocycles. The van der Waals surface area contributed by atoms with Crippen molar-refractivity contribution >= 4 is 27.5 Å². The minimum absolute atomic E-state index is 0.0927. The number of pyridine rings is 1. The summed E-state index contributed by atoms with van der Waals surface area (Å²) in [6.07, 6.45) is 1.62. The molecule has 0 atom stereocenters. The van der Waals surface area contributed by atoms with Gasteiger partial charge in [0.1, 0.15) is 10.7 Å². The second-order valence-corrected chi connectivity index (χ2v) is 5.57. The first-order valence-corrected chi connectivity index (χ1v) is 7.06. The molecule has 2 aromatic heterocycles. The van der Waals surface area contributed by atoms with Gasteiger partial charge in [-0.1, -0.05) is 18.2 Å². The van der Waals surface area contributed by atoms with Crippen LogP contribution in [0.2, 0.25) is 0 Å². The van der Waals surface area contributed by atoms with E-state index in [9.17, 15) is 4.79 Å². The summed E-state index contributed by atoms with van der Waals surface area (Å²) >= 11 is 1.61. The van der Waals surface area contributed by atoms with Crippen LogP contribution < -0.4 is 0 Å². The first-order valence-electron chi connectivity index (χ1n) is 6.25. The highest BCUT2D eigenvalue weighted by atomic mass is 32.1. The Morgan fingerprint density at radius 1 is 1.20 bits per heavy atom. The summed E-state index contributed by atoms with van der Waals surface area (Å²) in [5, 5.41) is 0.929. The molecular weight excluding hydrogens is 270 g/mol. The minimum atomic E-state index is -0.0927. The number of rotatable bonds is 3. The molecule has 0 fully saturated rings. The summed E-state index contributed by atoms with van der Waals surface area (Å²) in [5.74, 6) is -0.0927. The minimum Gasteiger partial charge on any atom is -0.334 e. The number of aromatic nitrogens is 2. The summed E-state index contributed by atoms with van der Waals surface area (Å²) in [4.78, 5) is 22.5. The van der Waals surface area contributed by atoms with Crippen LogP contribution in [0.5, 0.6) is 0 Å². The van der Waals surface area contributed by atoms with Crippen molar-refractivity contribution in [1.29, 1.82) is 0 Å². The molecule has 0 bridgehead atoms. The van der Waals surface area contributed by atoms with E-state index in [4.69, 9.17) is 0 Å². The highest BCUT2D eigenvalue weighted by molar-refractivity contribution is 7.18. The van der Waals surface area contributed by atoms with Crippen LogP contribution in [-0.4, -0.2) is 27.8 Å². The molecule has 4 nitrogen and oxygen atoms in total. The van der Waals surface area contributed by atoms with Crippen LogP contribution in [0.3, 0.4) is 0 Å². The van der Waals surface area contributed by atoms with E-state index in [1.54, 1.807) is 41.6 Å². The lowest BCUT2D eigenvalue weighted by atomic mass is 10.3. The number of nitrogens with zero attached hydrogens (tertiary/aromatic N) is 3. The van der Waals surface area contributed by atoms with Crippen molar-refractivity contribution in [2.75, 3.05) is 7.05 Å². The second-order valence-electron chi connectivity index (χ2n) is 4.45. The Morgan fingerprint density at radius 3 is 2.75 bits per heavy atom. The van der Waals surface area contributed by atoms with Crippen LogP contribution in [-0.2, 0) is 6.54 Å². The number of carbonyl (C=O) groups is 1. The van der Waals surface area contributed by atoms with Crippen molar-refractivity contribution in [3.05, 3.63) is 59.4 Å². The topological polar surface area (TPSA) is 46.1 Å². The van der Waals surface area contributed by atoms with Gasteiger partial charge in [0, 0.05) is 13.2 Å². The molecular formula is C15H13N3OS. The summed E-state index contributed by atoms with van der Waals surface area (Å²) in [7, 11) is 1.77. The van der Waals surface area contributed by atoms with Gasteiger partial charge in [-0.25, -0.2) is 4.98 Å². The number of carbonyl (C=O) groups excluding carboxylic acids is 1. The first kappa shape index (κ1) is 12.7. The van der Waals surface area contributed by atoms with Crippen LogP contribution in [0.4, 0.5) is 0 Å². The number of fused-ring (bicyclic) bond motifs is 1. The van der Waals surface area contributed by atoms with E-state index in [1.165, 1.54) is 0 Å². The van der Waals surface area contributed by atoms with Gasteiger partial charge < -0.3 is 4.90 Å². The highest BCUT2D eigenvalue weighted by Gasteiger charge is 2.14. The van der Waals surface area contributed by atoms with Gasteiger partial charge >= 0.3 is 0 Å². The maximum absolute atomic E-state index is 12.2. The number of benzene rings is 1. The largest absolute Gasteiger partial charge is 0.334 e. The van der Waals surface area contributed by atoms with Gasteiger partial charge in [-0.15, -0.1) is 11.3 Å². The molecule has 0 saturated heterocycles. The third-order valence-electron chi connectivity index (χ3n) is 2.94. The van der Waals surface area contributed by atoms with E-state index in [-0.39, 0.29) is 5.91 Å². The lowest BCUT2D eigenvalue weighted by molar-refractivity contribution is 0.0779. The predicted octanol–water partition coefficient (Wildman–Crippen LogP) is 2.96. The Kier molecular flexibility index (Phi) is 3.43. The van der Waals surface area contributed by atoms with Gasteiger partial charge in [0.15, 0.2) is 0 Å². The molecule has 3 aromatic rings. The van der Waals surface area contributed by atoms with E-state index in [2.05, 4.69) is 9.97 Å². The molecule has 100 valence electrons. The number of amides is 1. The molecule has 2 heterocycles. The predicted molar refractivity (Wildman–Crippen MR) is 79.7 cm³/mol. The van der Waals surface area contributed by atoms with Gasteiger partial charge in [0.2, 0.25) is 0 Å². The Hall–Kier alpha value is -2.27. The standard InChI is InChI=1S/C15H13N3OS/c1-18(15(19)12-7-4-5-9-16-12)10-14-17-11-6-2-3-8-13(11)20-14/h2-9H,10H2,1H3. The van der Waals surface area contributed by atoms with Gasteiger partial charge in [-0.05, 0) is 24.3 Å². The van der Waals surface area contributed by atoms with Gasteiger partial charge in [0.05, 0.1) is 16.8 Å². The summed E-state index contributed by atoms with van der Waals surface area (Å²) in [6, 6.07) is 13.3. The van der Waals surface area contributed by atoms with Crippen molar-refractivity contribution in [3.8, 4) is 0 Å². The molecule has 0 N–H and O–H groups in total. The Labute approximate surface area is 120 Å². The summed E-state index contributed by atoms with van der Waals surface area (Å²) < 4.78 is 1.14. The lowest BCUT2D eigenvalue weighted by Crippen LogP contribution is -2.26. The fourth-order valence-corrected chi connectivity index (χ4v) is 2.97. The van der Waals surface area contributed by atoms with E-state index in [0.717, 1.165) is 15.2 Å². The highest BCUT2D eigenvalue weighted by Crippen LogP contribution is 2.22. The average Bonchev–Trinajstić information content (AvgIpc) is 2.89. The molecule has 5 heteroatoms. The normalized spacial score (nSPS) is 10.7. The molecule has 0 radical (unpaired) electrons. The first-order chi connectivity index (χ1) is 9.74. The fraction of sp³-hybridized carbons (Fsp3) is 0.133. The second kappa shape index (κ2) is 5.38. The monoisotopic (exact) mass is 283 g/mol. The average molecular weight is 283 g/mol. The third-order valence-corrected chi connectivity index (χ3v) is 3.96. The van der Waals surface area contributed by atoms with E-state index >= 15 is 0 Å². The zero-order chi connectivity index (χ0) is 13.9. The van der Waals surface area contributed by atoms with Crippen LogP contribution in [0, 0.1) is 0 Å². The van der Waals surface area contributed by atoms with Crippen molar-refractivity contribution in [1.82, 2.24) is 14.9 Å². The fourth-order valence-electron chi connectivity index (χ4n) is 1.95. The maximum Gasteiger partial charge on any atom is 0.272 e. The number of hydrogen-bond acceptors (Lipinski definition) is 4. The third kappa shape index (κ3) is 2.53. The summed E-state index contributed by atoms with van der Waals surface area (Å²) in [6.45, 7) is 0.495. The Morgan fingerprint density at radius 2 is 2.00 bits per heavy atom. The zero-order valence-corrected chi connectivity index (χ0v) is 11.8. The van der Waals surface area contributed by atoms with E-state index < -0.39 is 0 Å². The van der Waals surface area contributed by atoms with Crippen molar-refractivity contribution in [3.63, 3.8) is 0 Å². The van der Waals surface area contributed by atoms with Crippen LogP contribution in [0.1, 0.15) is 15.5 Å². The van der Waals surface area contributed by atoms with Crippen molar-refractivity contribution in [2.45, 2.75) is 6.54 Å². The number of thiazole rings is 1. The van der Waals surface area contributed by atoms with Crippen molar-refractivity contribution < 1.29 is 4.79 Å². The van der Waals surface area contributed by atoms with Crippen LogP contribution in [0.25, 0.3) is 10.2 Å². The summed E-state index contributed by atoms with van der Waals surface area (Å²) in [5.41, 5.74) is 1.43. The van der Waals surface area contributed by atoms with Gasteiger partial charge in [0.25, 0.3) is 5.91 Å². The molecule has 0 spiro atoms. The zero-order valence-electron chi connectivity index (χ0n) is 11.0. The lowest BCUT2D eigenvalue weighted by Gasteiger charge is -2.14. The van der Waals surface area contributed by atoms with Crippen LogP contribution in [0.15, 0.2) is 48.7 Å². The van der Waals surface area contributed by atoms with E-state index in [1.807, 2.05) is 30.3 Å². The van der Waals surface area contributed by atoms with Gasteiger partial charge in [-0.3, -0.25) is 9.78 Å². The Bertz CT molecular complexity index is 706. The molecule has 0 aliphatic carbocycles. The molecule has 0 aliphatic heterocycles. The molecule has 20 heavy (non-hydrogen) atoms. The number of hydrogen-bond donors (Lipinski definition) is 0. The molecule has 0 saturated carbocycles. The maximum atomic E-state index is 12.2. The van der Waals surface area contributed by atoms with Gasteiger partial charge in [-0.2, -0.15) is 0 Å². The van der Waals surface area contributed by atoms with Crippen molar-refractivity contribution in [2.24, 2.45) is 0 Å². The molecule has 0 aliphatic rings. The molecule has 0 unspecified atom stereocenters. The van der Waals surface area contributed by atoms with E-state index in [0.29, 0.717) is 12.2 Å². The SMILES string of the molecule is CN(Cc1nc2ccccc2s1)C(=O)c1ccccn1. The number of para-hydroxylation sites is 1. The smallest absolute Gasteiger partial charge is 0.272 e. The Balaban J connectivity index is 1.78. The molecule has 1 amide bonds. The van der Waals surface area contributed by atoms with Crippen LogP contribution >= 0.6 is 11.3 Å². The molecule has 3 rings (SSSR count).